The quantitative estimate of drug-likeness (QED) is 0.811. The molecule has 14 heavy (non-hydrogen) atoms. The van der Waals surface area contributed by atoms with Gasteiger partial charge < -0.3 is 5.11 Å². The summed E-state index contributed by atoms with van der Waals surface area (Å²) in [5, 5.41) is 7.12. The van der Waals surface area contributed by atoms with Crippen molar-refractivity contribution in [1.82, 2.24) is 0 Å². The summed E-state index contributed by atoms with van der Waals surface area (Å²) in [6.07, 6.45) is -5.08. The van der Waals surface area contributed by atoms with Gasteiger partial charge >= 0.3 is 66.0 Å². The average Bonchev–Trinajstić information content (AvgIpc) is 2.07. The fourth-order valence-corrected chi connectivity index (χ4v) is 5.03. The summed E-state index contributed by atoms with van der Waals surface area (Å²) in [5.74, 6) is -2.76. The maximum atomic E-state index is 10.6. The van der Waals surface area contributed by atoms with Crippen molar-refractivity contribution >= 4 is 25.7 Å². The Morgan fingerprint density at radius 3 is 1.36 bits per heavy atom. The van der Waals surface area contributed by atoms with Gasteiger partial charge in [-0.3, -0.25) is 0 Å². The molecule has 0 aromatic carbocycles. The maximum absolute atomic E-state index is 10.6. The average molecular weight is 320 g/mol. The van der Waals surface area contributed by atoms with Gasteiger partial charge in [0.15, 0.2) is 0 Å². The van der Waals surface area contributed by atoms with Crippen LogP contribution in [0.4, 0.5) is 13.2 Å². The van der Waals surface area contributed by atoms with E-state index >= 15 is 0 Å². The summed E-state index contributed by atoms with van der Waals surface area (Å²) in [4.78, 5) is 8.90. The van der Waals surface area contributed by atoms with Crippen molar-refractivity contribution in [1.29, 1.82) is 0 Å². The Morgan fingerprint density at radius 1 is 1.14 bits per heavy atom. The van der Waals surface area contributed by atoms with E-state index in [0.717, 1.165) is 0 Å². The van der Waals surface area contributed by atoms with Crippen molar-refractivity contribution < 1.29 is 23.1 Å². The Hall–Kier alpha value is 0.0587. The van der Waals surface area contributed by atoms with Crippen LogP contribution in [0.5, 0.6) is 0 Å². The topological polar surface area (TPSA) is 37.3 Å². The van der Waals surface area contributed by atoms with Crippen molar-refractivity contribution in [3.8, 4) is 0 Å². The van der Waals surface area contributed by atoms with Crippen molar-refractivity contribution in [3.63, 3.8) is 0 Å². The third-order valence-electron chi connectivity index (χ3n) is 1.74. The number of carboxylic acid groups (broad SMARTS) is 1. The maximum Gasteiger partial charge on any atom is 0.490 e. The molecule has 0 heterocycles. The van der Waals surface area contributed by atoms with Crippen molar-refractivity contribution in [2.45, 2.75) is 40.3 Å². The van der Waals surface area contributed by atoms with Gasteiger partial charge in [-0.05, 0) is 0 Å². The van der Waals surface area contributed by atoms with E-state index in [9.17, 15) is 13.2 Å². The molecule has 2 nitrogen and oxygen atoms in total. The molecule has 0 fully saturated rings. The van der Waals surface area contributed by atoms with Crippen LogP contribution in [0.3, 0.4) is 0 Å². The van der Waals surface area contributed by atoms with E-state index in [1.807, 2.05) is 0 Å². The molecule has 0 saturated carbocycles. The van der Waals surface area contributed by atoms with Gasteiger partial charge in [0.1, 0.15) is 0 Å². The summed E-state index contributed by atoms with van der Waals surface area (Å²) >= 11 is -0.653. The summed E-state index contributed by atoms with van der Waals surface area (Å²) in [5.41, 5.74) is 0. The zero-order valence-electron chi connectivity index (χ0n) is 8.61. The molecule has 0 aliphatic rings. The first-order valence-electron chi connectivity index (χ1n) is 4.43. The van der Waals surface area contributed by atoms with E-state index in [0.29, 0.717) is 0 Å². The minimum absolute atomic E-state index is 0.653. The Bertz CT molecular complexity index is 150. The standard InChI is InChI=1S/C2HF3O2.3C2H5.Sn/c3-2(4,5)1(6)7;3*1-2;/h(H,6,7);3*1H2,2H3;. The summed E-state index contributed by atoms with van der Waals surface area (Å²) < 4.78 is 36.4. The van der Waals surface area contributed by atoms with Crippen molar-refractivity contribution in [3.05, 3.63) is 0 Å². The molecule has 0 atom stereocenters. The molecular weight excluding hydrogens is 304 g/mol. The number of hydrogen-bond donors (Lipinski definition) is 1. The minimum atomic E-state index is -5.08. The molecule has 1 N–H and O–H groups in total. The Labute approximate surface area is 89.2 Å². The second-order valence-corrected chi connectivity index (χ2v) is 12.9. The predicted octanol–water partition coefficient (Wildman–Crippen LogP) is 3.17. The first-order chi connectivity index (χ1) is 6.29. The van der Waals surface area contributed by atoms with Crippen LogP contribution in [0.25, 0.3) is 0 Å². The monoisotopic (exact) mass is 321 g/mol. The van der Waals surface area contributed by atoms with E-state index in [4.69, 9.17) is 9.90 Å². The van der Waals surface area contributed by atoms with E-state index in [1.54, 1.807) is 13.3 Å². The molecule has 0 unspecified atom stereocenters. The van der Waals surface area contributed by atoms with Crippen LogP contribution in [0.1, 0.15) is 20.8 Å². The van der Waals surface area contributed by atoms with Crippen LogP contribution >= 0.6 is 0 Å². The smallest absolute Gasteiger partial charge is 0.475 e. The zero-order chi connectivity index (χ0) is 11.8. The van der Waals surface area contributed by atoms with Gasteiger partial charge in [0.2, 0.25) is 0 Å². The Kier molecular flexibility index (Phi) is 9.86. The van der Waals surface area contributed by atoms with Gasteiger partial charge in [0.05, 0.1) is 0 Å². The number of aliphatic carboxylic acids is 1. The summed E-state index contributed by atoms with van der Waals surface area (Å²) in [6.45, 7) is 7.05. The van der Waals surface area contributed by atoms with Gasteiger partial charge in [-0.2, -0.15) is 13.2 Å². The Balaban J connectivity index is 0. The van der Waals surface area contributed by atoms with Gasteiger partial charge in [-0.15, -0.1) is 0 Å². The first kappa shape index (κ1) is 16.5. The molecule has 85 valence electrons. The van der Waals surface area contributed by atoms with Gasteiger partial charge in [-0.25, -0.2) is 4.79 Å². The molecule has 0 rings (SSSR count). The number of rotatable bonds is 3. The second kappa shape index (κ2) is 8.37. The van der Waals surface area contributed by atoms with Crippen LogP contribution in [-0.4, -0.2) is 37.0 Å². The molecule has 0 aromatic heterocycles. The zero-order valence-corrected chi connectivity index (χ0v) is 11.5. The fraction of sp³-hybridized carbons (Fsp3) is 0.875. The molecule has 0 saturated heterocycles. The third-order valence-corrected chi connectivity index (χ3v) is 10.3. The molecule has 0 amide bonds. The first-order valence-corrected chi connectivity index (χ1v) is 10.5. The fourth-order valence-electron chi connectivity index (χ4n) is 0.750. The van der Waals surface area contributed by atoms with Crippen LogP contribution < -0.4 is 0 Å². The minimum Gasteiger partial charge on any atom is -0.475 e. The van der Waals surface area contributed by atoms with Gasteiger partial charge in [0.25, 0.3) is 0 Å². The number of hydrogen-bond acceptors (Lipinski definition) is 1. The van der Waals surface area contributed by atoms with Crippen LogP contribution in [0.15, 0.2) is 0 Å². The number of halogens is 3. The van der Waals surface area contributed by atoms with E-state index in [2.05, 4.69) is 20.8 Å². The molecule has 0 spiro atoms. The van der Waals surface area contributed by atoms with Crippen LogP contribution in [0.2, 0.25) is 13.3 Å². The normalized spacial score (nSPS) is 10.8. The number of alkyl halides is 3. The summed E-state index contributed by atoms with van der Waals surface area (Å²) in [6, 6.07) is 0. The van der Waals surface area contributed by atoms with Gasteiger partial charge in [-0.1, -0.05) is 0 Å². The van der Waals surface area contributed by atoms with E-state index in [1.165, 1.54) is 0 Å². The van der Waals surface area contributed by atoms with E-state index < -0.39 is 31.9 Å². The molecule has 6 heteroatoms. The van der Waals surface area contributed by atoms with Gasteiger partial charge in [0, 0.05) is 0 Å². The van der Waals surface area contributed by atoms with Crippen LogP contribution in [0, 0.1) is 0 Å². The summed E-state index contributed by atoms with van der Waals surface area (Å²) in [7, 11) is 0. The molecule has 0 aliphatic heterocycles. The number of carbonyl (C=O) groups is 1. The molecule has 0 aliphatic carbocycles. The largest absolute Gasteiger partial charge is 0.490 e. The van der Waals surface area contributed by atoms with Crippen molar-refractivity contribution in [2.75, 3.05) is 0 Å². The second-order valence-electron chi connectivity index (χ2n) is 2.61. The third kappa shape index (κ3) is 10.1. The van der Waals surface area contributed by atoms with Crippen molar-refractivity contribution in [2.24, 2.45) is 0 Å². The van der Waals surface area contributed by atoms with Crippen LogP contribution in [-0.2, 0) is 4.79 Å². The molecular formula is C8H16F3O2Sn. The SMILES string of the molecule is C[CH2][Sn]([CH2]C)[CH2]C.O=C(O)C(F)(F)F. The molecule has 1 radical (unpaired) electrons. The molecule has 0 aromatic rings. The Morgan fingerprint density at radius 2 is 1.36 bits per heavy atom. The predicted molar refractivity (Wildman–Crippen MR) is 50.9 cm³/mol. The van der Waals surface area contributed by atoms with E-state index in [-0.39, 0.29) is 0 Å². The number of carboxylic acids is 1. The molecule has 0 bridgehead atoms.